The van der Waals surface area contributed by atoms with E-state index in [1.807, 2.05) is 11.0 Å². The highest BCUT2D eigenvalue weighted by Crippen LogP contribution is 2.41. The average molecular weight is 398 g/mol. The summed E-state index contributed by atoms with van der Waals surface area (Å²) in [6, 6.07) is 7.10. The minimum Gasteiger partial charge on any atom is -0.370 e. The van der Waals surface area contributed by atoms with E-state index >= 15 is 4.39 Å². The second-order valence-electron chi connectivity index (χ2n) is 7.05. The molecule has 1 fully saturated rings. The second kappa shape index (κ2) is 7.20. The predicted molar refractivity (Wildman–Crippen MR) is 99.5 cm³/mol. The Kier molecular flexibility index (Phi) is 4.70. The maximum Gasteiger partial charge on any atom is 0.212 e. The number of nitrogens with zero attached hydrogens (tertiary/aromatic N) is 6. The molecule has 0 N–H and O–H groups in total. The molecule has 1 aliphatic heterocycles. The lowest BCUT2D eigenvalue weighted by atomic mass is 9.90. The maximum absolute atomic E-state index is 15.5. The zero-order valence-electron chi connectivity index (χ0n) is 15.6. The summed E-state index contributed by atoms with van der Waals surface area (Å²) in [6.45, 7) is 0.594. The molecular formula is C20H17F3N6. The van der Waals surface area contributed by atoms with Crippen molar-refractivity contribution in [3.63, 3.8) is 0 Å². The molecule has 1 aliphatic rings. The standard InChI is InChI=1S/C20H17F3N6/c1-28-12-26-27-19(28)20(23)4-6-29(7-5-20)18-14(10-24)8-15(21)9-16(18)13-2-3-17(22)25-11-13/h2-3,8-9,11-12H,4-7H2,1H3. The van der Waals surface area contributed by atoms with E-state index in [1.54, 1.807) is 11.6 Å². The van der Waals surface area contributed by atoms with Crippen LogP contribution in [-0.2, 0) is 12.7 Å². The first-order valence-corrected chi connectivity index (χ1v) is 9.05. The highest BCUT2D eigenvalue weighted by molar-refractivity contribution is 5.82. The van der Waals surface area contributed by atoms with Gasteiger partial charge in [-0.25, -0.2) is 13.8 Å². The van der Waals surface area contributed by atoms with E-state index in [4.69, 9.17) is 0 Å². The highest BCUT2D eigenvalue weighted by atomic mass is 19.1. The van der Waals surface area contributed by atoms with Crippen LogP contribution in [0.5, 0.6) is 0 Å². The molecule has 0 saturated carbocycles. The van der Waals surface area contributed by atoms with E-state index in [2.05, 4.69) is 15.2 Å². The molecule has 3 heterocycles. The van der Waals surface area contributed by atoms with Crippen LogP contribution in [0, 0.1) is 23.1 Å². The van der Waals surface area contributed by atoms with Crippen LogP contribution in [0.1, 0.15) is 24.2 Å². The first kappa shape index (κ1) is 18.9. The van der Waals surface area contributed by atoms with E-state index in [-0.39, 0.29) is 24.2 Å². The smallest absolute Gasteiger partial charge is 0.212 e. The molecule has 0 radical (unpaired) electrons. The molecule has 1 saturated heterocycles. The van der Waals surface area contributed by atoms with E-state index in [1.165, 1.54) is 30.7 Å². The summed E-state index contributed by atoms with van der Waals surface area (Å²) in [5, 5.41) is 17.2. The Hall–Kier alpha value is -3.41. The number of rotatable bonds is 3. The molecule has 0 aliphatic carbocycles. The molecule has 0 bridgehead atoms. The molecule has 0 atom stereocenters. The van der Waals surface area contributed by atoms with Crippen molar-refractivity contribution in [1.29, 1.82) is 5.26 Å². The largest absolute Gasteiger partial charge is 0.370 e. The Labute approximate surface area is 165 Å². The zero-order chi connectivity index (χ0) is 20.6. The van der Waals surface area contributed by atoms with Crippen LogP contribution in [0.3, 0.4) is 0 Å². The van der Waals surface area contributed by atoms with Crippen molar-refractivity contribution in [1.82, 2.24) is 19.7 Å². The van der Waals surface area contributed by atoms with Crippen LogP contribution in [0.15, 0.2) is 36.8 Å². The lowest BCUT2D eigenvalue weighted by Gasteiger charge is -2.38. The number of aromatic nitrogens is 4. The Morgan fingerprint density at radius 2 is 1.93 bits per heavy atom. The van der Waals surface area contributed by atoms with Crippen LogP contribution in [-0.4, -0.2) is 32.8 Å². The molecule has 148 valence electrons. The Morgan fingerprint density at radius 3 is 2.52 bits per heavy atom. The van der Waals surface area contributed by atoms with Gasteiger partial charge in [0, 0.05) is 50.3 Å². The Morgan fingerprint density at radius 1 is 1.17 bits per heavy atom. The van der Waals surface area contributed by atoms with Gasteiger partial charge in [0.1, 0.15) is 18.2 Å². The molecule has 0 spiro atoms. The number of halogens is 3. The minimum atomic E-state index is -1.63. The lowest BCUT2D eigenvalue weighted by Crippen LogP contribution is -2.42. The topological polar surface area (TPSA) is 70.6 Å². The monoisotopic (exact) mass is 398 g/mol. The molecule has 9 heteroatoms. The quantitative estimate of drug-likeness (QED) is 0.632. The van der Waals surface area contributed by atoms with Gasteiger partial charge in [-0.3, -0.25) is 0 Å². The van der Waals surface area contributed by atoms with Crippen molar-refractivity contribution in [3.8, 4) is 17.2 Å². The van der Waals surface area contributed by atoms with E-state index < -0.39 is 17.4 Å². The molecular weight excluding hydrogens is 381 g/mol. The van der Waals surface area contributed by atoms with Gasteiger partial charge in [-0.1, -0.05) is 0 Å². The third-order valence-corrected chi connectivity index (χ3v) is 5.22. The van der Waals surface area contributed by atoms with Crippen molar-refractivity contribution in [2.75, 3.05) is 18.0 Å². The van der Waals surface area contributed by atoms with Crippen molar-refractivity contribution >= 4 is 5.69 Å². The number of hydrogen-bond acceptors (Lipinski definition) is 5. The third-order valence-electron chi connectivity index (χ3n) is 5.22. The van der Waals surface area contributed by atoms with Gasteiger partial charge >= 0.3 is 0 Å². The highest BCUT2D eigenvalue weighted by Gasteiger charge is 2.41. The number of benzene rings is 1. The SMILES string of the molecule is Cn1cnnc1C1(F)CCN(c2c(C#N)cc(F)cc2-c2ccc(F)nc2)CC1. The zero-order valence-corrected chi connectivity index (χ0v) is 15.6. The summed E-state index contributed by atoms with van der Waals surface area (Å²) in [5.41, 5.74) is -0.120. The van der Waals surface area contributed by atoms with Crippen LogP contribution in [0.4, 0.5) is 18.9 Å². The van der Waals surface area contributed by atoms with Gasteiger partial charge < -0.3 is 9.47 Å². The van der Waals surface area contributed by atoms with Crippen LogP contribution in [0.2, 0.25) is 0 Å². The molecule has 6 nitrogen and oxygen atoms in total. The molecule has 29 heavy (non-hydrogen) atoms. The molecule has 0 amide bonds. The minimum absolute atomic E-state index is 0.134. The number of nitriles is 1. The molecule has 0 unspecified atom stereocenters. The van der Waals surface area contributed by atoms with E-state index in [0.717, 1.165) is 6.07 Å². The summed E-state index contributed by atoms with van der Waals surface area (Å²) in [6.07, 6.45) is 3.03. The lowest BCUT2D eigenvalue weighted by molar-refractivity contribution is 0.109. The fourth-order valence-electron chi connectivity index (χ4n) is 3.78. The number of anilines is 1. The first-order valence-electron chi connectivity index (χ1n) is 9.05. The normalized spacial score (nSPS) is 15.9. The Balaban J connectivity index is 1.71. The maximum atomic E-state index is 15.5. The molecule has 2 aromatic heterocycles. The first-order chi connectivity index (χ1) is 13.9. The van der Waals surface area contributed by atoms with Crippen molar-refractivity contribution < 1.29 is 13.2 Å². The summed E-state index contributed by atoms with van der Waals surface area (Å²) >= 11 is 0. The summed E-state index contributed by atoms with van der Waals surface area (Å²) in [5.74, 6) is -0.976. The fourth-order valence-corrected chi connectivity index (χ4v) is 3.78. The number of aryl methyl sites for hydroxylation is 1. The predicted octanol–water partition coefficient (Wildman–Crippen LogP) is 3.49. The molecule has 1 aromatic carbocycles. The van der Waals surface area contributed by atoms with Crippen molar-refractivity contribution in [2.45, 2.75) is 18.5 Å². The average Bonchev–Trinajstić information content (AvgIpc) is 3.15. The van der Waals surface area contributed by atoms with Gasteiger partial charge in [-0.05, 0) is 24.3 Å². The van der Waals surface area contributed by atoms with E-state index in [0.29, 0.717) is 29.9 Å². The van der Waals surface area contributed by atoms with Gasteiger partial charge in [-0.2, -0.15) is 9.65 Å². The van der Waals surface area contributed by atoms with Crippen molar-refractivity contribution in [2.24, 2.45) is 7.05 Å². The third kappa shape index (κ3) is 3.42. The van der Waals surface area contributed by atoms with Gasteiger partial charge in [0.2, 0.25) is 5.95 Å². The molecule has 4 rings (SSSR count). The molecule has 3 aromatic rings. The van der Waals surface area contributed by atoms with Gasteiger partial charge in [-0.15, -0.1) is 10.2 Å². The van der Waals surface area contributed by atoms with E-state index in [9.17, 15) is 14.0 Å². The van der Waals surface area contributed by atoms with Gasteiger partial charge in [0.25, 0.3) is 0 Å². The number of piperidine rings is 1. The van der Waals surface area contributed by atoms with Crippen LogP contribution < -0.4 is 4.90 Å². The summed E-state index contributed by atoms with van der Waals surface area (Å²) < 4.78 is 44.4. The van der Waals surface area contributed by atoms with Gasteiger partial charge in [0.15, 0.2) is 11.5 Å². The number of pyridine rings is 1. The number of alkyl halides is 1. The fraction of sp³-hybridized carbons (Fsp3) is 0.300. The number of hydrogen-bond donors (Lipinski definition) is 0. The summed E-state index contributed by atoms with van der Waals surface area (Å²) in [7, 11) is 1.69. The summed E-state index contributed by atoms with van der Waals surface area (Å²) in [4.78, 5) is 5.48. The van der Waals surface area contributed by atoms with Gasteiger partial charge in [0.05, 0.1) is 11.3 Å². The van der Waals surface area contributed by atoms with Crippen molar-refractivity contribution in [3.05, 3.63) is 59.9 Å². The second-order valence-corrected chi connectivity index (χ2v) is 7.05. The van der Waals surface area contributed by atoms with Crippen LogP contribution >= 0.6 is 0 Å². The van der Waals surface area contributed by atoms with Crippen LogP contribution in [0.25, 0.3) is 11.1 Å². The Bertz CT molecular complexity index is 1080.